The standard InChI is InChI=1S/C14H20BrNO/c1-11-6-3-4-8-13(11)10-14(17)16-9-5-7-12(2)15/h3-4,6,8,12H,5,7,9-10H2,1-2H3,(H,16,17). The minimum Gasteiger partial charge on any atom is -0.356 e. The maximum atomic E-state index is 11.7. The fraction of sp³-hybridized carbons (Fsp3) is 0.500. The molecule has 1 atom stereocenters. The van der Waals surface area contributed by atoms with Crippen molar-refractivity contribution >= 4 is 21.8 Å². The maximum Gasteiger partial charge on any atom is 0.224 e. The molecule has 0 bridgehead atoms. The third-order valence-corrected chi connectivity index (χ3v) is 3.17. The van der Waals surface area contributed by atoms with Gasteiger partial charge in [-0.15, -0.1) is 0 Å². The first-order chi connectivity index (χ1) is 8.09. The number of halogens is 1. The summed E-state index contributed by atoms with van der Waals surface area (Å²) in [4.78, 5) is 12.2. The Balaban J connectivity index is 2.28. The number of benzene rings is 1. The van der Waals surface area contributed by atoms with E-state index in [9.17, 15) is 4.79 Å². The molecule has 0 aliphatic rings. The lowest BCUT2D eigenvalue weighted by Gasteiger charge is -2.07. The molecule has 0 spiro atoms. The molecule has 94 valence electrons. The molecule has 0 radical (unpaired) electrons. The van der Waals surface area contributed by atoms with E-state index < -0.39 is 0 Å². The number of carbonyl (C=O) groups excluding carboxylic acids is 1. The van der Waals surface area contributed by atoms with Gasteiger partial charge in [0.2, 0.25) is 5.91 Å². The lowest BCUT2D eigenvalue weighted by molar-refractivity contribution is -0.120. The van der Waals surface area contributed by atoms with Crippen molar-refractivity contribution in [2.45, 2.75) is 37.9 Å². The second-order valence-corrected chi connectivity index (χ2v) is 5.94. The second-order valence-electron chi connectivity index (χ2n) is 4.38. The first-order valence-electron chi connectivity index (χ1n) is 6.05. The molecule has 1 N–H and O–H groups in total. The predicted octanol–water partition coefficient (Wildman–Crippen LogP) is 3.22. The molecule has 2 nitrogen and oxygen atoms in total. The zero-order chi connectivity index (χ0) is 12.7. The van der Waals surface area contributed by atoms with Crippen LogP contribution in [0.15, 0.2) is 24.3 Å². The molecular weight excluding hydrogens is 278 g/mol. The summed E-state index contributed by atoms with van der Waals surface area (Å²) in [5.41, 5.74) is 2.29. The molecule has 0 aromatic heterocycles. The van der Waals surface area contributed by atoms with Gasteiger partial charge in [-0.2, -0.15) is 0 Å². The van der Waals surface area contributed by atoms with Gasteiger partial charge in [-0.3, -0.25) is 4.79 Å². The molecule has 1 unspecified atom stereocenters. The summed E-state index contributed by atoms with van der Waals surface area (Å²) in [6.07, 6.45) is 2.59. The SMILES string of the molecule is Cc1ccccc1CC(=O)NCCCC(C)Br. The summed E-state index contributed by atoms with van der Waals surface area (Å²) < 4.78 is 0. The summed E-state index contributed by atoms with van der Waals surface area (Å²) >= 11 is 3.49. The summed E-state index contributed by atoms with van der Waals surface area (Å²) in [7, 11) is 0. The van der Waals surface area contributed by atoms with E-state index in [1.165, 1.54) is 5.56 Å². The van der Waals surface area contributed by atoms with Crippen LogP contribution in [0.2, 0.25) is 0 Å². The highest BCUT2D eigenvalue weighted by Gasteiger charge is 2.04. The van der Waals surface area contributed by atoms with Gasteiger partial charge < -0.3 is 5.32 Å². The molecule has 0 fully saturated rings. The van der Waals surface area contributed by atoms with E-state index in [-0.39, 0.29) is 5.91 Å². The van der Waals surface area contributed by atoms with Gasteiger partial charge in [0.1, 0.15) is 0 Å². The van der Waals surface area contributed by atoms with Crippen molar-refractivity contribution in [2.75, 3.05) is 6.54 Å². The van der Waals surface area contributed by atoms with Gasteiger partial charge >= 0.3 is 0 Å². The highest BCUT2D eigenvalue weighted by atomic mass is 79.9. The van der Waals surface area contributed by atoms with Crippen LogP contribution in [0.4, 0.5) is 0 Å². The van der Waals surface area contributed by atoms with Crippen LogP contribution in [0.25, 0.3) is 0 Å². The Hall–Kier alpha value is -0.830. The van der Waals surface area contributed by atoms with Gasteiger partial charge in [0.15, 0.2) is 0 Å². The largest absolute Gasteiger partial charge is 0.356 e. The number of hydrogen-bond donors (Lipinski definition) is 1. The first kappa shape index (κ1) is 14.2. The van der Waals surface area contributed by atoms with Crippen LogP contribution >= 0.6 is 15.9 Å². The average Bonchev–Trinajstić information content (AvgIpc) is 2.27. The highest BCUT2D eigenvalue weighted by molar-refractivity contribution is 9.09. The molecule has 3 heteroatoms. The third-order valence-electron chi connectivity index (χ3n) is 2.71. The van der Waals surface area contributed by atoms with Crippen LogP contribution in [0.1, 0.15) is 30.9 Å². The van der Waals surface area contributed by atoms with Gasteiger partial charge in [-0.25, -0.2) is 0 Å². The Bertz CT molecular complexity index is 363. The quantitative estimate of drug-likeness (QED) is 0.634. The van der Waals surface area contributed by atoms with Crippen molar-refractivity contribution in [1.29, 1.82) is 0 Å². The molecule has 17 heavy (non-hydrogen) atoms. The van der Waals surface area contributed by atoms with E-state index >= 15 is 0 Å². The number of amides is 1. The van der Waals surface area contributed by atoms with Crippen molar-refractivity contribution in [1.82, 2.24) is 5.32 Å². The molecule has 0 heterocycles. The molecule has 0 aliphatic heterocycles. The summed E-state index contributed by atoms with van der Waals surface area (Å²) in [5.74, 6) is 0.113. The average molecular weight is 298 g/mol. The van der Waals surface area contributed by atoms with E-state index in [0.29, 0.717) is 11.2 Å². The zero-order valence-corrected chi connectivity index (χ0v) is 12.1. The van der Waals surface area contributed by atoms with Gasteiger partial charge in [-0.05, 0) is 30.9 Å². The minimum atomic E-state index is 0.113. The lowest BCUT2D eigenvalue weighted by atomic mass is 10.1. The topological polar surface area (TPSA) is 29.1 Å². The Morgan fingerprint density at radius 1 is 1.41 bits per heavy atom. The Morgan fingerprint density at radius 2 is 2.12 bits per heavy atom. The predicted molar refractivity (Wildman–Crippen MR) is 75.5 cm³/mol. The number of hydrogen-bond acceptors (Lipinski definition) is 1. The summed E-state index contributed by atoms with van der Waals surface area (Å²) in [6, 6.07) is 8.01. The van der Waals surface area contributed by atoms with Crippen LogP contribution in [0.5, 0.6) is 0 Å². The Labute approximate surface area is 112 Å². The van der Waals surface area contributed by atoms with E-state index in [0.717, 1.165) is 24.9 Å². The normalized spacial score (nSPS) is 12.2. The number of carbonyl (C=O) groups is 1. The zero-order valence-electron chi connectivity index (χ0n) is 10.5. The summed E-state index contributed by atoms with van der Waals surface area (Å²) in [6.45, 7) is 4.92. The second kappa shape index (κ2) is 7.49. The van der Waals surface area contributed by atoms with Crippen LogP contribution < -0.4 is 5.32 Å². The molecule has 1 amide bonds. The molecule has 0 saturated heterocycles. The van der Waals surface area contributed by atoms with Crippen LogP contribution in [0.3, 0.4) is 0 Å². The Morgan fingerprint density at radius 3 is 2.76 bits per heavy atom. The number of rotatable bonds is 6. The molecule has 0 saturated carbocycles. The number of aryl methyl sites for hydroxylation is 1. The molecule has 1 aromatic rings. The van der Waals surface area contributed by atoms with Crippen LogP contribution in [0, 0.1) is 6.92 Å². The van der Waals surface area contributed by atoms with Crippen LogP contribution in [-0.2, 0) is 11.2 Å². The lowest BCUT2D eigenvalue weighted by Crippen LogP contribution is -2.26. The van der Waals surface area contributed by atoms with Crippen molar-refractivity contribution in [3.05, 3.63) is 35.4 Å². The van der Waals surface area contributed by atoms with E-state index in [2.05, 4.69) is 28.2 Å². The van der Waals surface area contributed by atoms with Crippen molar-refractivity contribution in [3.8, 4) is 0 Å². The van der Waals surface area contributed by atoms with Crippen LogP contribution in [-0.4, -0.2) is 17.3 Å². The van der Waals surface area contributed by atoms with Crippen molar-refractivity contribution in [3.63, 3.8) is 0 Å². The molecule has 1 aromatic carbocycles. The third kappa shape index (κ3) is 5.87. The highest BCUT2D eigenvalue weighted by Crippen LogP contribution is 2.08. The van der Waals surface area contributed by atoms with E-state index in [4.69, 9.17) is 0 Å². The minimum absolute atomic E-state index is 0.113. The van der Waals surface area contributed by atoms with Gasteiger partial charge in [0, 0.05) is 11.4 Å². The summed E-state index contributed by atoms with van der Waals surface area (Å²) in [5, 5.41) is 2.95. The molecule has 1 rings (SSSR count). The van der Waals surface area contributed by atoms with Crippen molar-refractivity contribution < 1.29 is 4.79 Å². The smallest absolute Gasteiger partial charge is 0.224 e. The van der Waals surface area contributed by atoms with Gasteiger partial charge in [-0.1, -0.05) is 47.1 Å². The van der Waals surface area contributed by atoms with E-state index in [1.807, 2.05) is 31.2 Å². The van der Waals surface area contributed by atoms with Gasteiger partial charge in [0.05, 0.1) is 6.42 Å². The Kier molecular flexibility index (Phi) is 6.27. The fourth-order valence-corrected chi connectivity index (χ4v) is 1.98. The molecule has 0 aliphatic carbocycles. The van der Waals surface area contributed by atoms with Gasteiger partial charge in [0.25, 0.3) is 0 Å². The monoisotopic (exact) mass is 297 g/mol. The van der Waals surface area contributed by atoms with Crippen molar-refractivity contribution in [2.24, 2.45) is 0 Å². The maximum absolute atomic E-state index is 11.7. The molecular formula is C14H20BrNO. The first-order valence-corrected chi connectivity index (χ1v) is 6.96. The van der Waals surface area contributed by atoms with E-state index in [1.54, 1.807) is 0 Å². The number of alkyl halides is 1. The number of nitrogens with one attached hydrogen (secondary N) is 1. The fourth-order valence-electron chi connectivity index (χ4n) is 1.66.